The summed E-state index contributed by atoms with van der Waals surface area (Å²) in [6, 6.07) is 16.5. The van der Waals surface area contributed by atoms with Crippen LogP contribution in [0.1, 0.15) is 37.9 Å². The van der Waals surface area contributed by atoms with Crippen LogP contribution in [0.25, 0.3) is 16.9 Å². The van der Waals surface area contributed by atoms with Gasteiger partial charge in [-0.25, -0.2) is 22.2 Å². The predicted molar refractivity (Wildman–Crippen MR) is 166 cm³/mol. The number of nitrogens with zero attached hydrogens (tertiary/aromatic N) is 5. The number of morpholine rings is 1. The maximum Gasteiger partial charge on any atom is 0.296 e. The Bertz CT molecular complexity index is 1740. The number of benzene rings is 2. The first kappa shape index (κ1) is 30.8. The Morgan fingerprint density at radius 2 is 1.62 bits per heavy atom. The highest BCUT2D eigenvalue weighted by Gasteiger charge is 2.27. The van der Waals surface area contributed by atoms with Crippen molar-refractivity contribution in [2.75, 3.05) is 48.8 Å². The molecule has 1 saturated heterocycles. The van der Waals surface area contributed by atoms with E-state index in [2.05, 4.69) is 20.6 Å². The highest BCUT2D eigenvalue weighted by Crippen LogP contribution is 2.30. The monoisotopic (exact) mass is 639 g/mol. The summed E-state index contributed by atoms with van der Waals surface area (Å²) in [6.07, 6.45) is 0.233. The van der Waals surface area contributed by atoms with E-state index >= 15 is 0 Å². The number of halogens is 2. The van der Waals surface area contributed by atoms with Gasteiger partial charge < -0.3 is 20.3 Å². The van der Waals surface area contributed by atoms with E-state index in [9.17, 15) is 22.0 Å². The number of ether oxygens (including phenoxy) is 1. The number of carbonyl (C=O) groups excluding carboxylic acids is 1. The number of sulfone groups is 1. The first-order chi connectivity index (χ1) is 21.8. The average Bonchev–Trinajstić information content (AvgIpc) is 3.45. The van der Waals surface area contributed by atoms with Gasteiger partial charge in [-0.2, -0.15) is 9.97 Å². The summed E-state index contributed by atoms with van der Waals surface area (Å²) >= 11 is 0. The van der Waals surface area contributed by atoms with Gasteiger partial charge in [-0.05, 0) is 55.9 Å². The minimum absolute atomic E-state index is 0.102. The smallest absolute Gasteiger partial charge is 0.296 e. The first-order valence-corrected chi connectivity index (χ1v) is 16.7. The summed E-state index contributed by atoms with van der Waals surface area (Å²) in [6.45, 7) is 2.86. The molecule has 6 rings (SSSR count). The van der Waals surface area contributed by atoms with Gasteiger partial charge in [0.1, 0.15) is 17.4 Å². The molecule has 1 amide bonds. The second-order valence-corrected chi connectivity index (χ2v) is 13.3. The summed E-state index contributed by atoms with van der Waals surface area (Å²) in [5.74, 6) is 0.0270. The number of hydrogen-bond acceptors (Lipinski definition) is 9. The van der Waals surface area contributed by atoms with Gasteiger partial charge >= 0.3 is 0 Å². The number of hydrogen-bond donors (Lipinski definition) is 2. The minimum Gasteiger partial charge on any atom is -0.378 e. The number of para-hydroxylation sites is 2. The van der Waals surface area contributed by atoms with Gasteiger partial charge in [-0.3, -0.25) is 9.36 Å². The normalized spacial score (nSPS) is 19.1. The molecule has 3 heterocycles. The summed E-state index contributed by atoms with van der Waals surface area (Å²) in [4.78, 5) is 28.3. The second-order valence-electron chi connectivity index (χ2n) is 11.3. The molecule has 2 fully saturated rings. The van der Waals surface area contributed by atoms with Crippen molar-refractivity contribution in [2.24, 2.45) is 5.92 Å². The van der Waals surface area contributed by atoms with Gasteiger partial charge in [-0.1, -0.05) is 30.3 Å². The Labute approximate surface area is 259 Å². The van der Waals surface area contributed by atoms with Crippen molar-refractivity contribution < 1.29 is 26.7 Å². The van der Waals surface area contributed by atoms with Crippen LogP contribution in [0.3, 0.4) is 0 Å². The molecule has 2 aromatic carbocycles. The van der Waals surface area contributed by atoms with E-state index in [0.717, 1.165) is 12.8 Å². The van der Waals surface area contributed by atoms with Crippen molar-refractivity contribution in [3.63, 3.8) is 0 Å². The largest absolute Gasteiger partial charge is 0.378 e. The zero-order chi connectivity index (χ0) is 31.4. The van der Waals surface area contributed by atoms with Gasteiger partial charge in [0.25, 0.3) is 6.43 Å². The third-order valence-corrected chi connectivity index (χ3v) is 9.86. The highest BCUT2D eigenvalue weighted by molar-refractivity contribution is 7.92. The highest BCUT2D eigenvalue weighted by atomic mass is 32.2. The molecule has 11 nitrogen and oxygen atoms in total. The van der Waals surface area contributed by atoms with Crippen molar-refractivity contribution in [3.05, 3.63) is 66.5 Å². The van der Waals surface area contributed by atoms with Crippen molar-refractivity contribution >= 4 is 38.5 Å². The van der Waals surface area contributed by atoms with Crippen molar-refractivity contribution in [1.82, 2.24) is 24.8 Å². The van der Waals surface area contributed by atoms with Gasteiger partial charge in [0, 0.05) is 31.7 Å². The zero-order valence-electron chi connectivity index (χ0n) is 24.6. The van der Waals surface area contributed by atoms with Crippen LogP contribution in [0.5, 0.6) is 0 Å². The Morgan fingerprint density at radius 1 is 0.933 bits per heavy atom. The molecular weight excluding hydrogens is 604 g/mol. The third kappa shape index (κ3) is 7.22. The van der Waals surface area contributed by atoms with Gasteiger partial charge in [0.05, 0.1) is 29.1 Å². The lowest BCUT2D eigenvalue weighted by Crippen LogP contribution is -2.41. The molecular formula is C31H35F2N7O4S. The van der Waals surface area contributed by atoms with Crippen LogP contribution >= 0.6 is 0 Å². The van der Waals surface area contributed by atoms with Crippen molar-refractivity contribution in [2.45, 2.75) is 43.0 Å². The molecule has 2 aliphatic rings. The fourth-order valence-corrected chi connectivity index (χ4v) is 7.07. The molecule has 0 radical (unpaired) electrons. The van der Waals surface area contributed by atoms with E-state index in [4.69, 9.17) is 9.72 Å². The first-order valence-electron chi connectivity index (χ1n) is 15.1. The number of anilines is 2. The number of nitrogens with one attached hydrogen (secondary N) is 2. The zero-order valence-corrected chi connectivity index (χ0v) is 25.4. The van der Waals surface area contributed by atoms with Crippen molar-refractivity contribution in [3.8, 4) is 5.82 Å². The predicted octanol–water partition coefficient (Wildman–Crippen LogP) is 4.15. The molecule has 4 aromatic rings. The summed E-state index contributed by atoms with van der Waals surface area (Å²) in [7, 11) is -3.71. The molecule has 0 atom stereocenters. The quantitative estimate of drug-likeness (QED) is 0.263. The lowest BCUT2D eigenvalue weighted by Gasteiger charge is -2.30. The van der Waals surface area contributed by atoms with Gasteiger partial charge in [0.15, 0.2) is 15.7 Å². The van der Waals surface area contributed by atoms with Crippen molar-refractivity contribution in [1.29, 1.82) is 0 Å². The van der Waals surface area contributed by atoms with E-state index in [-0.39, 0.29) is 22.7 Å². The van der Waals surface area contributed by atoms with Crippen LogP contribution < -0.4 is 15.5 Å². The van der Waals surface area contributed by atoms with Crippen LogP contribution in [0.4, 0.5) is 20.5 Å². The number of amides is 1. The van der Waals surface area contributed by atoms with Crippen LogP contribution in [-0.4, -0.2) is 78.5 Å². The molecule has 0 bridgehead atoms. The molecule has 1 saturated carbocycles. The average molecular weight is 640 g/mol. The third-order valence-electron chi connectivity index (χ3n) is 8.23. The number of fused-ring (bicyclic) bond motifs is 1. The number of imidazole rings is 1. The Balaban J connectivity index is 1.13. The number of carbonyl (C=O) groups is 1. The number of rotatable bonds is 10. The molecule has 238 valence electrons. The maximum absolute atomic E-state index is 14.1. The molecule has 2 aromatic heterocycles. The number of alkyl halides is 2. The fourth-order valence-electron chi connectivity index (χ4n) is 5.90. The summed E-state index contributed by atoms with van der Waals surface area (Å²) in [5.41, 5.74) is 0.984. The van der Waals surface area contributed by atoms with Crippen LogP contribution in [0.15, 0.2) is 65.6 Å². The molecule has 45 heavy (non-hydrogen) atoms. The molecule has 1 aliphatic carbocycles. The minimum atomic E-state index is -3.71. The van der Waals surface area contributed by atoms with Crippen LogP contribution in [0.2, 0.25) is 0 Å². The van der Waals surface area contributed by atoms with E-state index in [1.54, 1.807) is 48.5 Å². The van der Waals surface area contributed by atoms with E-state index in [0.29, 0.717) is 74.3 Å². The number of aromatic nitrogens is 4. The molecule has 14 heteroatoms. The maximum atomic E-state index is 14.1. The standard InChI is InChI=1S/C31H35F2N7O4S/c32-29(33)30-36-24-8-4-5-9-25(24)40(30)27-18-26(39-14-16-44-17-15-39)37-31(38-27)34-19-21-10-12-22(13-11-21)35-28(41)20-45(42,43)23-6-2-1-3-7-23/h1-9,18,21-22,29H,10-17,19-20H2,(H,35,41)(H,34,37,38). The van der Waals surface area contributed by atoms with E-state index < -0.39 is 27.9 Å². The SMILES string of the molecule is O=C(CS(=O)(=O)c1ccccc1)NC1CCC(CNc2nc(N3CCOCC3)cc(-n3c(C(F)F)nc4ccccc43)n2)CC1. The Morgan fingerprint density at radius 3 is 2.36 bits per heavy atom. The molecule has 0 unspecified atom stereocenters. The van der Waals surface area contributed by atoms with Gasteiger partial charge in [0.2, 0.25) is 11.9 Å². The lowest BCUT2D eigenvalue weighted by molar-refractivity contribution is -0.119. The summed E-state index contributed by atoms with van der Waals surface area (Å²) in [5, 5.41) is 6.22. The van der Waals surface area contributed by atoms with Crippen LogP contribution in [0, 0.1) is 5.92 Å². The second kappa shape index (κ2) is 13.4. The molecule has 0 spiro atoms. The Kier molecular flexibility index (Phi) is 9.21. The topological polar surface area (TPSA) is 131 Å². The Hall–Kier alpha value is -4.17. The van der Waals surface area contributed by atoms with E-state index in [1.807, 2.05) is 4.90 Å². The molecule has 2 N–H and O–H groups in total. The summed E-state index contributed by atoms with van der Waals surface area (Å²) < 4.78 is 60.3. The molecule has 1 aliphatic heterocycles. The fraction of sp³-hybridized carbons (Fsp3) is 0.419. The van der Waals surface area contributed by atoms with Gasteiger partial charge in [-0.15, -0.1) is 0 Å². The lowest BCUT2D eigenvalue weighted by atomic mass is 9.86. The van der Waals surface area contributed by atoms with E-state index in [1.165, 1.54) is 16.7 Å². The van der Waals surface area contributed by atoms with Crippen LogP contribution in [-0.2, 0) is 19.4 Å².